The summed E-state index contributed by atoms with van der Waals surface area (Å²) in [5, 5.41) is 2.58. The summed E-state index contributed by atoms with van der Waals surface area (Å²) in [7, 11) is 1.26. The molecule has 8 nitrogen and oxygen atoms in total. The molecule has 0 saturated carbocycles. The zero-order valence-corrected chi connectivity index (χ0v) is 14.2. The Morgan fingerprint density at radius 1 is 1.35 bits per heavy atom. The number of carbonyl (C=O) groups is 3. The van der Waals surface area contributed by atoms with Gasteiger partial charge >= 0.3 is 12.2 Å². The van der Waals surface area contributed by atoms with Crippen LogP contribution >= 0.6 is 0 Å². The van der Waals surface area contributed by atoms with Gasteiger partial charge in [-0.05, 0) is 0 Å². The zero-order valence-electron chi connectivity index (χ0n) is 14.2. The van der Waals surface area contributed by atoms with E-state index in [2.05, 4.69) is 5.32 Å². The summed E-state index contributed by atoms with van der Waals surface area (Å²) in [5.74, 6) is -1.93. The van der Waals surface area contributed by atoms with Crippen LogP contribution in [0.15, 0.2) is 6.07 Å². The highest BCUT2D eigenvalue weighted by atomic mass is 19.1. The molecule has 0 spiro atoms. The second kappa shape index (κ2) is 6.77. The number of carbonyl (C=O) groups excluding carboxylic acids is 3. The predicted octanol–water partition coefficient (Wildman–Crippen LogP) is 1.90. The Kier molecular flexibility index (Phi) is 4.66. The summed E-state index contributed by atoms with van der Waals surface area (Å²) in [5.41, 5.74) is -0.679. The molecule has 1 N–H and O–H groups in total. The van der Waals surface area contributed by atoms with Crippen molar-refractivity contribution >= 4 is 29.5 Å². The second-order valence-electron chi connectivity index (χ2n) is 5.91. The number of benzene rings is 1. The number of hydrogen-bond donors (Lipinski definition) is 1. The Hall–Kier alpha value is -2.91. The molecule has 1 saturated heterocycles. The normalized spacial score (nSPS) is 19.2. The van der Waals surface area contributed by atoms with Crippen LogP contribution in [0.5, 0.6) is 0 Å². The summed E-state index contributed by atoms with van der Waals surface area (Å²) in [6.45, 7) is 1.27. The lowest BCUT2D eigenvalue weighted by atomic mass is 10.1. The number of anilines is 2. The molecule has 0 radical (unpaired) electrons. The molecule has 0 aromatic heterocycles. The summed E-state index contributed by atoms with van der Waals surface area (Å²) in [6, 6.07) is 0.845. The number of nitrogens with zero attached hydrogens (tertiary/aromatic N) is 2. The fraction of sp³-hybridized carbons (Fsp3) is 0.438. The second-order valence-corrected chi connectivity index (χ2v) is 5.91. The Bertz CT molecular complexity index is 786. The van der Waals surface area contributed by atoms with Crippen LogP contribution in [0.2, 0.25) is 0 Å². The first-order chi connectivity index (χ1) is 12.3. The van der Waals surface area contributed by atoms with Crippen molar-refractivity contribution in [1.82, 2.24) is 5.32 Å². The van der Waals surface area contributed by atoms with Crippen LogP contribution in [0, 0.1) is 11.6 Å². The van der Waals surface area contributed by atoms with Crippen molar-refractivity contribution in [3.8, 4) is 0 Å². The first-order valence-corrected chi connectivity index (χ1v) is 7.99. The van der Waals surface area contributed by atoms with E-state index in [-0.39, 0.29) is 42.4 Å². The smallest absolute Gasteiger partial charge is 0.414 e. The van der Waals surface area contributed by atoms with Gasteiger partial charge in [0.1, 0.15) is 18.5 Å². The number of halogens is 2. The van der Waals surface area contributed by atoms with Crippen LogP contribution in [-0.2, 0) is 20.9 Å². The zero-order chi connectivity index (χ0) is 19.0. The highest BCUT2D eigenvalue weighted by Crippen LogP contribution is 2.37. The van der Waals surface area contributed by atoms with Crippen molar-refractivity contribution in [3.63, 3.8) is 0 Å². The van der Waals surface area contributed by atoms with Crippen molar-refractivity contribution < 1.29 is 32.6 Å². The minimum Gasteiger partial charge on any atom is -0.444 e. The molecule has 1 atom stereocenters. The standard InChI is InChI=1S/C16H17F2N3O5/c1-3-12(22)19-5-8-6-21(16(24)26-8)11-4-10(17)14-9(13(11)18)7-25-15(23)20(14)2/h4,8H,3,5-7H2,1-2H3,(H,19,22)/t8-/m0/s1. The molecule has 0 bridgehead atoms. The number of ether oxygens (including phenoxy) is 2. The number of nitrogens with one attached hydrogen (secondary N) is 1. The van der Waals surface area contributed by atoms with Crippen LogP contribution in [0.25, 0.3) is 0 Å². The minimum atomic E-state index is -0.865. The van der Waals surface area contributed by atoms with E-state index in [9.17, 15) is 23.2 Å². The molecule has 1 aromatic rings. The maximum absolute atomic E-state index is 14.9. The first kappa shape index (κ1) is 17.9. The van der Waals surface area contributed by atoms with Crippen molar-refractivity contribution in [2.45, 2.75) is 26.1 Å². The van der Waals surface area contributed by atoms with Gasteiger partial charge in [0.05, 0.1) is 30.0 Å². The van der Waals surface area contributed by atoms with Crippen LogP contribution in [0.3, 0.4) is 0 Å². The van der Waals surface area contributed by atoms with Crippen molar-refractivity contribution in [2.24, 2.45) is 0 Å². The Morgan fingerprint density at radius 2 is 2.08 bits per heavy atom. The molecule has 3 rings (SSSR count). The number of rotatable bonds is 4. The van der Waals surface area contributed by atoms with Crippen LogP contribution in [0.1, 0.15) is 18.9 Å². The molecule has 1 aromatic carbocycles. The summed E-state index contributed by atoms with van der Waals surface area (Å²) in [4.78, 5) is 36.7. The summed E-state index contributed by atoms with van der Waals surface area (Å²) >= 11 is 0. The number of cyclic esters (lactones) is 2. The highest BCUT2D eigenvalue weighted by molar-refractivity contribution is 5.93. The van der Waals surface area contributed by atoms with Crippen molar-refractivity contribution in [3.05, 3.63) is 23.3 Å². The third-order valence-electron chi connectivity index (χ3n) is 4.23. The molecule has 140 valence electrons. The number of hydrogen-bond acceptors (Lipinski definition) is 5. The maximum Gasteiger partial charge on any atom is 0.414 e. The van der Waals surface area contributed by atoms with Crippen molar-refractivity contribution in [1.29, 1.82) is 0 Å². The van der Waals surface area contributed by atoms with Crippen LogP contribution < -0.4 is 15.1 Å². The molecule has 0 unspecified atom stereocenters. The average Bonchev–Trinajstić information content (AvgIpc) is 2.98. The lowest BCUT2D eigenvalue weighted by Crippen LogP contribution is -2.35. The molecule has 2 aliphatic heterocycles. The van der Waals surface area contributed by atoms with Crippen LogP contribution in [-0.4, -0.2) is 44.3 Å². The fourth-order valence-corrected chi connectivity index (χ4v) is 2.84. The lowest BCUT2D eigenvalue weighted by molar-refractivity contribution is -0.121. The van der Waals surface area contributed by atoms with Gasteiger partial charge in [-0.25, -0.2) is 18.4 Å². The molecule has 0 aliphatic carbocycles. The first-order valence-electron chi connectivity index (χ1n) is 7.99. The van der Waals surface area contributed by atoms with E-state index >= 15 is 0 Å². The number of amides is 3. The number of fused-ring (bicyclic) bond motifs is 1. The van der Waals surface area contributed by atoms with E-state index in [0.29, 0.717) is 0 Å². The van der Waals surface area contributed by atoms with E-state index in [0.717, 1.165) is 15.9 Å². The fourth-order valence-electron chi connectivity index (χ4n) is 2.84. The Labute approximate surface area is 147 Å². The van der Waals surface area contributed by atoms with Crippen molar-refractivity contribution in [2.75, 3.05) is 29.9 Å². The van der Waals surface area contributed by atoms with Crippen LogP contribution in [0.4, 0.5) is 29.7 Å². The predicted molar refractivity (Wildman–Crippen MR) is 85.9 cm³/mol. The van der Waals surface area contributed by atoms with Gasteiger partial charge in [-0.2, -0.15) is 0 Å². The largest absolute Gasteiger partial charge is 0.444 e. The van der Waals surface area contributed by atoms with Gasteiger partial charge < -0.3 is 14.8 Å². The van der Waals surface area contributed by atoms with Gasteiger partial charge in [0, 0.05) is 19.5 Å². The summed E-state index contributed by atoms with van der Waals surface area (Å²) < 4.78 is 39.2. The lowest BCUT2D eigenvalue weighted by Gasteiger charge is -2.28. The van der Waals surface area contributed by atoms with E-state index < -0.39 is 36.5 Å². The van der Waals surface area contributed by atoms with Gasteiger partial charge in [0.15, 0.2) is 5.82 Å². The topological polar surface area (TPSA) is 88.2 Å². The molecule has 2 aliphatic rings. The van der Waals surface area contributed by atoms with Gasteiger partial charge in [-0.3, -0.25) is 14.6 Å². The molecular weight excluding hydrogens is 352 g/mol. The Balaban J connectivity index is 1.86. The molecule has 1 fully saturated rings. The van der Waals surface area contributed by atoms with E-state index in [1.165, 1.54) is 7.05 Å². The highest BCUT2D eigenvalue weighted by Gasteiger charge is 2.37. The maximum atomic E-state index is 14.9. The van der Waals surface area contributed by atoms with Gasteiger partial charge in [0.2, 0.25) is 5.91 Å². The minimum absolute atomic E-state index is 0.0480. The molecule has 26 heavy (non-hydrogen) atoms. The SMILES string of the molecule is CCC(=O)NC[C@H]1CN(c2cc(F)c3c(c2F)COC(=O)N3C)C(=O)O1. The third-order valence-corrected chi connectivity index (χ3v) is 4.23. The third kappa shape index (κ3) is 3.02. The van der Waals surface area contributed by atoms with E-state index in [1.807, 2.05) is 0 Å². The van der Waals surface area contributed by atoms with E-state index in [1.54, 1.807) is 6.92 Å². The molecule has 3 amide bonds. The molecular formula is C16H17F2N3O5. The molecule has 2 heterocycles. The van der Waals surface area contributed by atoms with E-state index in [4.69, 9.17) is 9.47 Å². The monoisotopic (exact) mass is 369 g/mol. The van der Waals surface area contributed by atoms with Gasteiger partial charge in [-0.15, -0.1) is 0 Å². The molecule has 10 heteroatoms. The summed E-state index contributed by atoms with van der Waals surface area (Å²) in [6.07, 6.45) is -2.05. The van der Waals surface area contributed by atoms with Gasteiger partial charge in [-0.1, -0.05) is 6.92 Å². The van der Waals surface area contributed by atoms with Gasteiger partial charge in [0.25, 0.3) is 0 Å². The quantitative estimate of drug-likeness (QED) is 0.876. The average molecular weight is 369 g/mol. The Morgan fingerprint density at radius 3 is 2.77 bits per heavy atom.